The van der Waals surface area contributed by atoms with Crippen LogP contribution in [0.5, 0.6) is 0 Å². The predicted molar refractivity (Wildman–Crippen MR) is 92.3 cm³/mol. The minimum Gasteiger partial charge on any atom is -0.446 e. The third-order valence-electron chi connectivity index (χ3n) is 4.36. The van der Waals surface area contributed by atoms with Crippen molar-refractivity contribution in [2.75, 3.05) is 36.2 Å². The third kappa shape index (κ3) is 6.01. The highest BCUT2D eigenvalue weighted by atomic mass is 32.2. The zero-order valence-electron chi connectivity index (χ0n) is 14.7. The molecule has 12 heteroatoms. The van der Waals surface area contributed by atoms with Gasteiger partial charge in [0.25, 0.3) is 0 Å². The van der Waals surface area contributed by atoms with Crippen molar-refractivity contribution in [2.24, 2.45) is 0 Å². The van der Waals surface area contributed by atoms with Crippen LogP contribution in [0.1, 0.15) is 26.7 Å². The number of amides is 2. The van der Waals surface area contributed by atoms with Crippen LogP contribution < -0.4 is 10.6 Å². The van der Waals surface area contributed by atoms with Gasteiger partial charge in [0.05, 0.1) is 34.1 Å². The molecule has 0 aromatic rings. The van der Waals surface area contributed by atoms with E-state index in [1.54, 1.807) is 13.8 Å². The second-order valence-electron chi connectivity index (χ2n) is 7.33. The number of hydrogen-bond donors (Lipinski definition) is 2. The van der Waals surface area contributed by atoms with Gasteiger partial charge < -0.3 is 20.1 Å². The Labute approximate surface area is 152 Å². The Hall–Kier alpha value is -1.56. The van der Waals surface area contributed by atoms with Gasteiger partial charge >= 0.3 is 12.2 Å². The van der Waals surface area contributed by atoms with E-state index >= 15 is 0 Å². The van der Waals surface area contributed by atoms with E-state index in [0.717, 1.165) is 0 Å². The van der Waals surface area contributed by atoms with Crippen LogP contribution in [0.4, 0.5) is 9.59 Å². The molecule has 0 spiro atoms. The summed E-state index contributed by atoms with van der Waals surface area (Å²) in [6.45, 7) is 2.83. The third-order valence-corrected chi connectivity index (χ3v) is 8.17. The van der Waals surface area contributed by atoms with Gasteiger partial charge in [-0.15, -0.1) is 0 Å². The molecule has 0 aromatic heterocycles. The molecule has 0 aromatic carbocycles. The van der Waals surface area contributed by atoms with Gasteiger partial charge in [-0.3, -0.25) is 0 Å². The first kappa shape index (κ1) is 20.7. The maximum Gasteiger partial charge on any atom is 0.407 e. The van der Waals surface area contributed by atoms with Gasteiger partial charge in [0.15, 0.2) is 19.7 Å². The molecule has 2 N–H and O–H groups in total. The molecule has 2 amide bonds. The summed E-state index contributed by atoms with van der Waals surface area (Å²) in [5.74, 6) is -0.256. The van der Waals surface area contributed by atoms with Gasteiger partial charge in [-0.25, -0.2) is 26.4 Å². The standard InChI is InChI=1S/C14H24N2O8S2/c1-13(3-7-25(19,20)9-13)15-11(17)23-5-6-24-12(18)16-14(2)4-8-26(21,22)10-14/h3-10H2,1-2H3,(H,15,17)(H,16,18). The van der Waals surface area contributed by atoms with E-state index in [0.29, 0.717) is 12.8 Å². The Morgan fingerprint density at radius 2 is 1.15 bits per heavy atom. The number of carbonyl (C=O) groups excluding carboxylic acids is 2. The molecule has 10 nitrogen and oxygen atoms in total. The summed E-state index contributed by atoms with van der Waals surface area (Å²) in [5.41, 5.74) is -1.73. The number of carbonyl (C=O) groups is 2. The van der Waals surface area contributed by atoms with Crippen LogP contribution in [-0.2, 0) is 29.1 Å². The van der Waals surface area contributed by atoms with Crippen LogP contribution in [0.25, 0.3) is 0 Å². The van der Waals surface area contributed by atoms with Crippen molar-refractivity contribution in [3.63, 3.8) is 0 Å². The fourth-order valence-electron chi connectivity index (χ4n) is 3.05. The second kappa shape index (κ2) is 7.22. The molecular weight excluding hydrogens is 388 g/mol. The fourth-order valence-corrected chi connectivity index (χ4v) is 7.24. The van der Waals surface area contributed by atoms with E-state index in [-0.39, 0.29) is 36.2 Å². The Kier molecular flexibility index (Phi) is 5.76. The van der Waals surface area contributed by atoms with Gasteiger partial charge in [0.1, 0.15) is 13.2 Å². The normalized spacial score (nSPS) is 31.9. The van der Waals surface area contributed by atoms with E-state index < -0.39 is 42.9 Å². The zero-order valence-corrected chi connectivity index (χ0v) is 16.4. The highest BCUT2D eigenvalue weighted by molar-refractivity contribution is 7.92. The van der Waals surface area contributed by atoms with Gasteiger partial charge in [-0.1, -0.05) is 0 Å². The number of sulfone groups is 2. The van der Waals surface area contributed by atoms with Crippen molar-refractivity contribution in [1.82, 2.24) is 10.6 Å². The second-order valence-corrected chi connectivity index (χ2v) is 11.7. The monoisotopic (exact) mass is 412 g/mol. The average Bonchev–Trinajstić information content (AvgIpc) is 2.89. The highest BCUT2D eigenvalue weighted by Crippen LogP contribution is 2.23. The molecule has 150 valence electrons. The first-order chi connectivity index (χ1) is 11.8. The largest absolute Gasteiger partial charge is 0.446 e. The summed E-state index contributed by atoms with van der Waals surface area (Å²) in [4.78, 5) is 23.4. The molecule has 0 radical (unpaired) electrons. The van der Waals surface area contributed by atoms with Crippen LogP contribution in [0, 0.1) is 0 Å². The Morgan fingerprint density at radius 3 is 1.42 bits per heavy atom. The van der Waals surface area contributed by atoms with E-state index in [4.69, 9.17) is 9.47 Å². The maximum atomic E-state index is 11.7. The Bertz CT molecular complexity index is 713. The van der Waals surface area contributed by atoms with E-state index in [2.05, 4.69) is 10.6 Å². The topological polar surface area (TPSA) is 145 Å². The number of alkyl carbamates (subject to hydrolysis) is 2. The first-order valence-corrected chi connectivity index (χ1v) is 11.8. The molecule has 2 unspecified atom stereocenters. The molecular formula is C14H24N2O8S2. The van der Waals surface area contributed by atoms with Crippen LogP contribution in [-0.4, -0.2) is 76.3 Å². The van der Waals surface area contributed by atoms with E-state index in [1.165, 1.54) is 0 Å². The van der Waals surface area contributed by atoms with Crippen molar-refractivity contribution in [1.29, 1.82) is 0 Å². The van der Waals surface area contributed by atoms with Crippen molar-refractivity contribution in [3.05, 3.63) is 0 Å². The lowest BCUT2D eigenvalue weighted by molar-refractivity contribution is 0.0880. The number of nitrogens with one attached hydrogen (secondary N) is 2. The highest BCUT2D eigenvalue weighted by Gasteiger charge is 2.40. The summed E-state index contributed by atoms with van der Waals surface area (Å²) < 4.78 is 55.6. The molecule has 2 fully saturated rings. The molecule has 26 heavy (non-hydrogen) atoms. The van der Waals surface area contributed by atoms with E-state index in [1.807, 2.05) is 0 Å². The smallest absolute Gasteiger partial charge is 0.407 e. The summed E-state index contributed by atoms with van der Waals surface area (Å²) >= 11 is 0. The SMILES string of the molecule is CC1(NC(=O)OCCOC(=O)NC2(C)CCS(=O)(=O)C2)CCS(=O)(=O)C1. The number of hydrogen-bond acceptors (Lipinski definition) is 8. The average molecular weight is 412 g/mol. The van der Waals surface area contributed by atoms with Crippen LogP contribution in [0.2, 0.25) is 0 Å². The molecule has 2 aliphatic heterocycles. The molecule has 2 aliphatic rings. The van der Waals surface area contributed by atoms with Crippen LogP contribution >= 0.6 is 0 Å². The van der Waals surface area contributed by atoms with E-state index in [9.17, 15) is 26.4 Å². The maximum absolute atomic E-state index is 11.7. The van der Waals surface area contributed by atoms with Crippen molar-refractivity contribution < 1.29 is 35.9 Å². The van der Waals surface area contributed by atoms with Gasteiger partial charge in [0, 0.05) is 0 Å². The fraction of sp³-hybridized carbons (Fsp3) is 0.857. The van der Waals surface area contributed by atoms with Gasteiger partial charge in [-0.05, 0) is 26.7 Å². The first-order valence-electron chi connectivity index (χ1n) is 8.13. The summed E-state index contributed by atoms with van der Waals surface area (Å²) in [6, 6.07) is 0. The van der Waals surface area contributed by atoms with Crippen LogP contribution in [0.3, 0.4) is 0 Å². The number of ether oxygens (including phenoxy) is 2. The lowest BCUT2D eigenvalue weighted by Gasteiger charge is -2.24. The minimum absolute atomic E-state index is 0.0154. The lowest BCUT2D eigenvalue weighted by Crippen LogP contribution is -2.48. The molecule has 0 aliphatic carbocycles. The summed E-state index contributed by atoms with van der Waals surface area (Å²) in [5, 5.41) is 5.02. The molecule has 0 saturated carbocycles. The Morgan fingerprint density at radius 1 is 0.808 bits per heavy atom. The summed E-state index contributed by atoms with van der Waals surface area (Å²) in [6.07, 6.45) is -0.958. The van der Waals surface area contributed by atoms with Crippen molar-refractivity contribution in [2.45, 2.75) is 37.8 Å². The van der Waals surface area contributed by atoms with Crippen molar-refractivity contribution >= 4 is 31.9 Å². The molecule has 0 bridgehead atoms. The zero-order chi connectivity index (χ0) is 19.6. The van der Waals surface area contributed by atoms with Crippen LogP contribution in [0.15, 0.2) is 0 Å². The minimum atomic E-state index is -3.15. The Balaban J connectivity index is 1.66. The van der Waals surface area contributed by atoms with Gasteiger partial charge in [0.2, 0.25) is 0 Å². The predicted octanol–water partition coefficient (Wildman–Crippen LogP) is -0.407. The summed E-state index contributed by atoms with van der Waals surface area (Å²) in [7, 11) is -6.30. The van der Waals surface area contributed by atoms with Crippen molar-refractivity contribution in [3.8, 4) is 0 Å². The quantitative estimate of drug-likeness (QED) is 0.580. The van der Waals surface area contributed by atoms with Gasteiger partial charge in [-0.2, -0.15) is 0 Å². The lowest BCUT2D eigenvalue weighted by atomic mass is 10.0. The molecule has 2 rings (SSSR count). The molecule has 2 heterocycles. The number of rotatable bonds is 5. The molecule has 2 atom stereocenters. The molecule has 2 saturated heterocycles.